The Balaban J connectivity index is 1.72. The minimum absolute atomic E-state index is 0.132. The first-order valence-electron chi connectivity index (χ1n) is 12.2. The SMILES string of the molecule is CC(C)=C/C=C/C(C)[C@H]1CC[C@@]2(C)c3ccc4c(c3CC[C@]12C)CC[C@H](O)C4(C)C. The van der Waals surface area contributed by atoms with Crippen LogP contribution in [0.15, 0.2) is 35.9 Å². The van der Waals surface area contributed by atoms with Gasteiger partial charge in [-0.15, -0.1) is 0 Å². The van der Waals surface area contributed by atoms with Crippen LogP contribution in [0.2, 0.25) is 0 Å². The summed E-state index contributed by atoms with van der Waals surface area (Å²) < 4.78 is 0. The summed E-state index contributed by atoms with van der Waals surface area (Å²) in [4.78, 5) is 0. The predicted molar refractivity (Wildman–Crippen MR) is 128 cm³/mol. The van der Waals surface area contributed by atoms with Crippen molar-refractivity contribution in [3.05, 3.63) is 58.2 Å². The number of benzene rings is 1. The summed E-state index contributed by atoms with van der Waals surface area (Å²) in [6, 6.07) is 4.83. The van der Waals surface area contributed by atoms with Crippen LogP contribution in [0.25, 0.3) is 0 Å². The van der Waals surface area contributed by atoms with Gasteiger partial charge in [-0.1, -0.05) is 70.6 Å². The van der Waals surface area contributed by atoms with Gasteiger partial charge in [0.1, 0.15) is 0 Å². The second kappa shape index (κ2) is 7.37. The Morgan fingerprint density at radius 2 is 1.67 bits per heavy atom. The Morgan fingerprint density at radius 1 is 1.00 bits per heavy atom. The van der Waals surface area contributed by atoms with E-state index in [2.05, 4.69) is 78.8 Å². The topological polar surface area (TPSA) is 20.2 Å². The van der Waals surface area contributed by atoms with Crippen molar-refractivity contribution in [3.8, 4) is 0 Å². The summed E-state index contributed by atoms with van der Waals surface area (Å²) in [5.74, 6) is 1.35. The zero-order valence-corrected chi connectivity index (χ0v) is 20.3. The number of hydrogen-bond acceptors (Lipinski definition) is 1. The van der Waals surface area contributed by atoms with E-state index in [4.69, 9.17) is 0 Å². The molecule has 1 fully saturated rings. The van der Waals surface area contributed by atoms with E-state index >= 15 is 0 Å². The van der Waals surface area contributed by atoms with Gasteiger partial charge in [0.2, 0.25) is 0 Å². The third-order valence-electron chi connectivity index (χ3n) is 9.63. The van der Waals surface area contributed by atoms with Crippen LogP contribution in [0, 0.1) is 17.3 Å². The average Bonchev–Trinajstić information content (AvgIpc) is 2.96. The summed E-state index contributed by atoms with van der Waals surface area (Å²) in [6.45, 7) is 16.4. The monoisotopic (exact) mass is 406 g/mol. The summed E-state index contributed by atoms with van der Waals surface area (Å²) in [7, 11) is 0. The van der Waals surface area contributed by atoms with E-state index < -0.39 is 0 Å². The van der Waals surface area contributed by atoms with Gasteiger partial charge in [0.05, 0.1) is 6.10 Å². The smallest absolute Gasteiger partial charge is 0.0634 e. The lowest BCUT2D eigenvalue weighted by Crippen LogP contribution is -2.47. The van der Waals surface area contributed by atoms with Gasteiger partial charge in [0, 0.05) is 5.41 Å². The van der Waals surface area contributed by atoms with Crippen molar-refractivity contribution in [2.45, 2.75) is 104 Å². The molecule has 1 aromatic rings. The van der Waals surface area contributed by atoms with Gasteiger partial charge < -0.3 is 5.11 Å². The van der Waals surface area contributed by atoms with Crippen molar-refractivity contribution in [1.29, 1.82) is 0 Å². The lowest BCUT2D eigenvalue weighted by Gasteiger charge is -2.52. The second-order valence-corrected chi connectivity index (χ2v) is 11.8. The maximum atomic E-state index is 10.6. The van der Waals surface area contributed by atoms with Gasteiger partial charge in [-0.2, -0.15) is 0 Å². The standard InChI is InChI=1S/C29H42O/c1-19(2)9-8-10-20(3)23-16-18-29(7)25-13-12-24-21(11-14-26(30)27(24,4)5)22(25)15-17-28(23,29)6/h8-10,12-13,20,23,26,30H,11,14-18H2,1-7H3/b10-8+/t20?,23-,26+,28-,29+/m1/s1. The van der Waals surface area contributed by atoms with Gasteiger partial charge in [-0.3, -0.25) is 0 Å². The Morgan fingerprint density at radius 3 is 2.37 bits per heavy atom. The fourth-order valence-electron chi connectivity index (χ4n) is 7.35. The maximum absolute atomic E-state index is 10.6. The Labute approximate surface area is 184 Å². The van der Waals surface area contributed by atoms with Gasteiger partial charge >= 0.3 is 0 Å². The average molecular weight is 407 g/mol. The molecule has 0 amide bonds. The van der Waals surface area contributed by atoms with E-state index in [0.717, 1.165) is 18.8 Å². The molecule has 0 saturated heterocycles. The molecule has 3 aliphatic rings. The highest BCUT2D eigenvalue weighted by molar-refractivity contribution is 5.52. The predicted octanol–water partition coefficient (Wildman–Crippen LogP) is 7.05. The lowest BCUT2D eigenvalue weighted by atomic mass is 9.52. The Kier molecular flexibility index (Phi) is 5.37. The van der Waals surface area contributed by atoms with Crippen molar-refractivity contribution in [2.24, 2.45) is 17.3 Å². The largest absolute Gasteiger partial charge is 0.392 e. The van der Waals surface area contributed by atoms with Crippen LogP contribution in [-0.4, -0.2) is 11.2 Å². The number of aliphatic hydroxyl groups excluding tert-OH is 1. The van der Waals surface area contributed by atoms with Crippen LogP contribution >= 0.6 is 0 Å². The van der Waals surface area contributed by atoms with E-state index in [1.807, 2.05) is 0 Å². The third kappa shape index (κ3) is 3.07. The minimum Gasteiger partial charge on any atom is -0.392 e. The van der Waals surface area contributed by atoms with E-state index in [9.17, 15) is 5.11 Å². The van der Waals surface area contributed by atoms with Crippen LogP contribution < -0.4 is 0 Å². The first-order chi connectivity index (χ1) is 14.0. The molecule has 3 aliphatic carbocycles. The molecule has 0 spiro atoms. The zero-order chi connectivity index (χ0) is 21.9. The van der Waals surface area contributed by atoms with E-state index in [-0.39, 0.29) is 16.9 Å². The molecule has 0 bridgehead atoms. The van der Waals surface area contributed by atoms with E-state index in [1.54, 1.807) is 16.7 Å². The van der Waals surface area contributed by atoms with Crippen molar-refractivity contribution < 1.29 is 5.11 Å². The van der Waals surface area contributed by atoms with E-state index in [0.29, 0.717) is 11.3 Å². The number of fused-ring (bicyclic) bond motifs is 5. The molecule has 0 aromatic heterocycles. The number of aliphatic hydroxyl groups is 1. The van der Waals surface area contributed by atoms with Crippen molar-refractivity contribution >= 4 is 0 Å². The van der Waals surface area contributed by atoms with Crippen LogP contribution in [-0.2, 0) is 23.7 Å². The third-order valence-corrected chi connectivity index (χ3v) is 9.63. The fourth-order valence-corrected chi connectivity index (χ4v) is 7.35. The van der Waals surface area contributed by atoms with E-state index in [1.165, 1.54) is 36.8 Å². The second-order valence-electron chi connectivity index (χ2n) is 11.8. The molecule has 1 heteroatoms. The molecule has 30 heavy (non-hydrogen) atoms. The highest BCUT2D eigenvalue weighted by Crippen LogP contribution is 2.64. The molecule has 1 aromatic carbocycles. The Hall–Kier alpha value is -1.34. The first-order valence-corrected chi connectivity index (χ1v) is 12.2. The van der Waals surface area contributed by atoms with Gasteiger partial charge in [0.25, 0.3) is 0 Å². The molecule has 4 rings (SSSR count). The highest BCUT2D eigenvalue weighted by atomic mass is 16.3. The molecule has 0 heterocycles. The molecule has 5 atom stereocenters. The van der Waals surface area contributed by atoms with Crippen molar-refractivity contribution in [2.75, 3.05) is 0 Å². The lowest BCUT2D eigenvalue weighted by molar-refractivity contribution is 0.0782. The molecular formula is C29H42O. The number of allylic oxidation sites excluding steroid dienone is 4. The molecule has 164 valence electrons. The van der Waals surface area contributed by atoms with Crippen LogP contribution in [0.5, 0.6) is 0 Å². The van der Waals surface area contributed by atoms with Crippen LogP contribution in [0.1, 0.15) is 96.4 Å². The van der Waals surface area contributed by atoms with Crippen molar-refractivity contribution in [1.82, 2.24) is 0 Å². The summed E-state index contributed by atoms with van der Waals surface area (Å²) in [5.41, 5.74) is 8.10. The van der Waals surface area contributed by atoms with Crippen molar-refractivity contribution in [3.63, 3.8) is 0 Å². The molecule has 1 nitrogen and oxygen atoms in total. The normalized spacial score (nSPS) is 35.5. The van der Waals surface area contributed by atoms with Gasteiger partial charge in [-0.05, 0) is 97.3 Å². The van der Waals surface area contributed by atoms with Gasteiger partial charge in [-0.25, -0.2) is 0 Å². The van der Waals surface area contributed by atoms with Crippen LogP contribution in [0.3, 0.4) is 0 Å². The summed E-state index contributed by atoms with van der Waals surface area (Å²) >= 11 is 0. The van der Waals surface area contributed by atoms with Gasteiger partial charge in [0.15, 0.2) is 0 Å². The number of rotatable bonds is 3. The quantitative estimate of drug-likeness (QED) is 0.533. The fraction of sp³-hybridized carbons (Fsp3) is 0.655. The minimum atomic E-state index is -0.225. The summed E-state index contributed by atoms with van der Waals surface area (Å²) in [5, 5.41) is 10.6. The Bertz CT molecular complexity index is 884. The molecule has 1 N–H and O–H groups in total. The zero-order valence-electron chi connectivity index (χ0n) is 20.3. The molecule has 0 aliphatic heterocycles. The highest BCUT2D eigenvalue weighted by Gasteiger charge is 2.58. The molecule has 0 radical (unpaired) electrons. The first kappa shape index (κ1) is 21.9. The maximum Gasteiger partial charge on any atom is 0.0634 e. The molecule has 1 saturated carbocycles. The van der Waals surface area contributed by atoms with Crippen LogP contribution in [0.4, 0.5) is 0 Å². The molecular weight excluding hydrogens is 364 g/mol. The number of hydrogen-bond donors (Lipinski definition) is 1. The summed E-state index contributed by atoms with van der Waals surface area (Å²) in [6.07, 6.45) is 13.8. The molecule has 1 unspecified atom stereocenters.